The summed E-state index contributed by atoms with van der Waals surface area (Å²) >= 11 is 0. The van der Waals surface area contributed by atoms with E-state index in [1.54, 1.807) is 6.92 Å². The molecule has 7 nitrogen and oxygen atoms in total. The molecule has 0 radical (unpaired) electrons. The van der Waals surface area contributed by atoms with E-state index in [4.69, 9.17) is 0 Å². The normalized spacial score (nSPS) is 23.8. The topological polar surface area (TPSA) is 81.8 Å². The summed E-state index contributed by atoms with van der Waals surface area (Å²) in [4.78, 5) is 40.4. The van der Waals surface area contributed by atoms with Crippen LogP contribution in [-0.4, -0.2) is 66.4 Å². The molecule has 0 aliphatic carbocycles. The number of urea groups is 1. The van der Waals surface area contributed by atoms with Gasteiger partial charge in [0.05, 0.1) is 6.04 Å². The van der Waals surface area contributed by atoms with Crippen LogP contribution in [0.1, 0.15) is 46.5 Å². The number of amides is 4. The molecule has 0 aromatic rings. The van der Waals surface area contributed by atoms with E-state index in [-0.39, 0.29) is 23.8 Å². The second-order valence-electron chi connectivity index (χ2n) is 7.37. The highest BCUT2D eigenvalue weighted by Gasteiger charge is 2.33. The van der Waals surface area contributed by atoms with Gasteiger partial charge >= 0.3 is 6.03 Å². The fraction of sp³-hybridized carbons (Fsp3) is 0.833. The maximum Gasteiger partial charge on any atom is 0.321 e. The van der Waals surface area contributed by atoms with E-state index in [1.807, 2.05) is 11.8 Å². The first kappa shape index (κ1) is 19.7. The molecule has 0 saturated carbocycles. The Morgan fingerprint density at radius 3 is 2.40 bits per heavy atom. The molecule has 0 bridgehead atoms. The van der Waals surface area contributed by atoms with Crippen LogP contribution in [0.4, 0.5) is 4.79 Å². The van der Waals surface area contributed by atoms with Crippen molar-refractivity contribution >= 4 is 17.8 Å². The Hall–Kier alpha value is -1.63. The second kappa shape index (κ2) is 9.17. The van der Waals surface area contributed by atoms with Gasteiger partial charge in [-0.2, -0.15) is 0 Å². The van der Waals surface area contributed by atoms with E-state index in [9.17, 15) is 14.4 Å². The third-order valence-electron chi connectivity index (χ3n) is 5.35. The van der Waals surface area contributed by atoms with Crippen molar-refractivity contribution in [1.29, 1.82) is 0 Å². The number of imide groups is 1. The quantitative estimate of drug-likeness (QED) is 0.796. The molecule has 0 unspecified atom stereocenters. The lowest BCUT2D eigenvalue weighted by molar-refractivity contribution is -0.139. The van der Waals surface area contributed by atoms with E-state index in [0.29, 0.717) is 25.6 Å². The number of nitrogens with zero attached hydrogens (tertiary/aromatic N) is 2. The van der Waals surface area contributed by atoms with Crippen molar-refractivity contribution in [2.75, 3.05) is 32.7 Å². The molecule has 2 aliphatic rings. The number of rotatable bonds is 4. The molecular weight excluding hydrogens is 320 g/mol. The van der Waals surface area contributed by atoms with Crippen LogP contribution in [0.5, 0.6) is 0 Å². The van der Waals surface area contributed by atoms with Gasteiger partial charge in [0.15, 0.2) is 0 Å². The predicted octanol–water partition coefficient (Wildman–Crippen LogP) is 1.19. The Balaban J connectivity index is 1.79. The zero-order valence-corrected chi connectivity index (χ0v) is 15.7. The van der Waals surface area contributed by atoms with Crippen LogP contribution in [-0.2, 0) is 9.59 Å². The monoisotopic (exact) mass is 352 g/mol. The summed E-state index contributed by atoms with van der Waals surface area (Å²) in [5.41, 5.74) is 0. The van der Waals surface area contributed by atoms with Crippen molar-refractivity contribution < 1.29 is 14.4 Å². The van der Waals surface area contributed by atoms with E-state index >= 15 is 0 Å². The van der Waals surface area contributed by atoms with Crippen molar-refractivity contribution in [3.8, 4) is 0 Å². The molecule has 2 atom stereocenters. The third kappa shape index (κ3) is 5.42. The molecule has 25 heavy (non-hydrogen) atoms. The Morgan fingerprint density at radius 1 is 1.12 bits per heavy atom. The summed E-state index contributed by atoms with van der Waals surface area (Å²) in [5.74, 6) is 0.655. The molecular formula is C18H32N4O3. The molecule has 0 aromatic carbocycles. The maximum absolute atomic E-state index is 12.7. The number of hydrogen-bond donors (Lipinski definition) is 2. The minimum absolute atomic E-state index is 0.0696. The lowest BCUT2D eigenvalue weighted by atomic mass is 9.92. The lowest BCUT2D eigenvalue weighted by Gasteiger charge is -2.38. The molecule has 2 saturated heterocycles. The molecule has 0 spiro atoms. The van der Waals surface area contributed by atoms with Gasteiger partial charge in [0.25, 0.3) is 0 Å². The van der Waals surface area contributed by atoms with Crippen LogP contribution in [0.3, 0.4) is 0 Å². The molecule has 2 fully saturated rings. The lowest BCUT2D eigenvalue weighted by Crippen LogP contribution is -2.53. The SMILES string of the molecule is CCNC(=O)NC(=O)[C@@H](C)N1CCC(C(=O)N2CCC[C@H](C)C2)CC1. The van der Waals surface area contributed by atoms with Gasteiger partial charge in [0, 0.05) is 25.6 Å². The molecule has 7 heteroatoms. The van der Waals surface area contributed by atoms with E-state index in [1.165, 1.54) is 6.42 Å². The zero-order valence-electron chi connectivity index (χ0n) is 15.7. The van der Waals surface area contributed by atoms with Crippen LogP contribution in [0.2, 0.25) is 0 Å². The van der Waals surface area contributed by atoms with Gasteiger partial charge in [-0.3, -0.25) is 19.8 Å². The van der Waals surface area contributed by atoms with E-state index in [0.717, 1.165) is 32.4 Å². The van der Waals surface area contributed by atoms with E-state index < -0.39 is 6.03 Å². The summed E-state index contributed by atoms with van der Waals surface area (Å²) in [5, 5.41) is 4.92. The first-order valence-corrected chi connectivity index (χ1v) is 9.53. The number of carbonyl (C=O) groups is 3. The van der Waals surface area contributed by atoms with Crippen LogP contribution in [0, 0.1) is 11.8 Å². The van der Waals surface area contributed by atoms with Crippen LogP contribution in [0.15, 0.2) is 0 Å². The fourth-order valence-corrected chi connectivity index (χ4v) is 3.77. The van der Waals surface area contributed by atoms with Gasteiger partial charge in [-0.1, -0.05) is 6.92 Å². The van der Waals surface area contributed by atoms with Crippen molar-refractivity contribution in [3.63, 3.8) is 0 Å². The van der Waals surface area contributed by atoms with Crippen LogP contribution < -0.4 is 10.6 Å². The van der Waals surface area contributed by atoms with E-state index in [2.05, 4.69) is 22.5 Å². The summed E-state index contributed by atoms with van der Waals surface area (Å²) in [6.07, 6.45) is 3.87. The molecule has 2 N–H and O–H groups in total. The minimum atomic E-state index is -0.455. The van der Waals surface area contributed by atoms with Gasteiger partial charge in [0.2, 0.25) is 11.8 Å². The van der Waals surface area contributed by atoms with Gasteiger partial charge in [-0.25, -0.2) is 4.79 Å². The van der Waals surface area contributed by atoms with Crippen molar-refractivity contribution in [1.82, 2.24) is 20.4 Å². The van der Waals surface area contributed by atoms with Crippen LogP contribution >= 0.6 is 0 Å². The van der Waals surface area contributed by atoms with Crippen molar-refractivity contribution in [2.45, 2.75) is 52.5 Å². The Kier molecular flexibility index (Phi) is 7.23. The predicted molar refractivity (Wildman–Crippen MR) is 96.0 cm³/mol. The number of carbonyl (C=O) groups excluding carboxylic acids is 3. The molecule has 2 rings (SSSR count). The highest BCUT2D eigenvalue weighted by atomic mass is 16.2. The van der Waals surface area contributed by atoms with Gasteiger partial charge in [-0.15, -0.1) is 0 Å². The summed E-state index contributed by atoms with van der Waals surface area (Å²) in [6, 6.07) is -0.822. The number of piperidine rings is 2. The average Bonchev–Trinajstić information content (AvgIpc) is 2.60. The highest BCUT2D eigenvalue weighted by Crippen LogP contribution is 2.24. The number of likely N-dealkylation sites (tertiary alicyclic amines) is 2. The molecule has 4 amide bonds. The molecule has 0 aromatic heterocycles. The summed E-state index contributed by atoms with van der Waals surface area (Å²) in [7, 11) is 0. The Morgan fingerprint density at radius 2 is 1.80 bits per heavy atom. The highest BCUT2D eigenvalue weighted by molar-refractivity contribution is 5.96. The van der Waals surface area contributed by atoms with Gasteiger partial charge < -0.3 is 10.2 Å². The second-order valence-corrected chi connectivity index (χ2v) is 7.37. The first-order chi connectivity index (χ1) is 11.9. The zero-order chi connectivity index (χ0) is 18.4. The average molecular weight is 352 g/mol. The Labute approximate surface area is 150 Å². The van der Waals surface area contributed by atoms with Gasteiger partial charge in [0.1, 0.15) is 0 Å². The Bertz CT molecular complexity index is 489. The standard InChI is InChI=1S/C18H32N4O3/c1-4-19-18(25)20-16(23)14(3)21-10-7-15(8-11-21)17(24)22-9-5-6-13(2)12-22/h13-15H,4-12H2,1-3H3,(H2,19,20,23,25)/t13-,14+/m0/s1. The van der Waals surface area contributed by atoms with Crippen molar-refractivity contribution in [2.24, 2.45) is 11.8 Å². The summed E-state index contributed by atoms with van der Waals surface area (Å²) in [6.45, 7) is 9.49. The smallest absolute Gasteiger partial charge is 0.321 e. The fourth-order valence-electron chi connectivity index (χ4n) is 3.77. The molecule has 2 heterocycles. The number of hydrogen-bond acceptors (Lipinski definition) is 4. The molecule has 2 aliphatic heterocycles. The third-order valence-corrected chi connectivity index (χ3v) is 5.35. The first-order valence-electron chi connectivity index (χ1n) is 9.53. The van der Waals surface area contributed by atoms with Crippen LogP contribution in [0.25, 0.3) is 0 Å². The minimum Gasteiger partial charge on any atom is -0.342 e. The maximum atomic E-state index is 12.7. The largest absolute Gasteiger partial charge is 0.342 e. The summed E-state index contributed by atoms with van der Waals surface area (Å²) < 4.78 is 0. The number of nitrogens with one attached hydrogen (secondary N) is 2. The van der Waals surface area contributed by atoms with Crippen molar-refractivity contribution in [3.05, 3.63) is 0 Å². The van der Waals surface area contributed by atoms with Gasteiger partial charge in [-0.05, 0) is 58.5 Å². The molecule has 142 valence electrons.